The Morgan fingerprint density at radius 3 is 0.875 bits per heavy atom. The summed E-state index contributed by atoms with van der Waals surface area (Å²) in [4.78, 5) is 24.2. The fourth-order valence-electron chi connectivity index (χ4n) is 0. The maximum absolute atomic E-state index is 9.36. The molecular weight excluding hydrogens is 288 g/mol. The molecule has 0 aliphatic carbocycles. The van der Waals surface area contributed by atoms with Crippen LogP contribution in [0.15, 0.2) is 0 Å². The van der Waals surface area contributed by atoms with E-state index in [0.717, 1.165) is 0 Å². The first-order valence-electron chi connectivity index (χ1n) is 1.21. The molecule has 0 radical (unpaired) electrons. The molecule has 0 bridgehead atoms. The summed E-state index contributed by atoms with van der Waals surface area (Å²) >= 11 is 0. The molecule has 15 heteroatoms. The van der Waals surface area contributed by atoms with E-state index in [4.69, 9.17) is 19.7 Å². The summed E-state index contributed by atoms with van der Waals surface area (Å²) in [5.41, 5.74) is -2.34. The average Bonchev–Trinajstić information content (AvgIpc) is 1.31. The number of rotatable bonds is 1. The minimum Gasteiger partial charge on any atom is -0.538 e. The van der Waals surface area contributed by atoms with Crippen LogP contribution >= 0.6 is 7.60 Å². The minimum absolute atomic E-state index is 0. The van der Waals surface area contributed by atoms with Crippen LogP contribution in [0.5, 0.6) is 0 Å². The van der Waals surface area contributed by atoms with Crippen LogP contribution in [0.25, 0.3) is 0 Å². The topological polar surface area (TPSA) is 287 Å². The van der Waals surface area contributed by atoms with E-state index >= 15 is 0 Å². The molecule has 0 heterocycles. The molecule has 14 N–H and O–H groups in total. The van der Waals surface area contributed by atoms with E-state index in [2.05, 4.69) is 0 Å². The average molecular weight is 302 g/mol. The SMILES string of the molecule is O.O.O.O.O.O.O=C([O-])P(=O)(O)O.[Na+].[Na+].[Na+]. The molecule has 0 aliphatic heterocycles. The smallest absolute Gasteiger partial charge is 0.538 e. The fraction of sp³-hybridized carbons (Fsp3) is 0. The molecule has 0 unspecified atom stereocenters. The zero-order chi connectivity index (χ0) is 6.08. The molecule has 0 aromatic heterocycles. The van der Waals surface area contributed by atoms with Crippen molar-refractivity contribution in [2.75, 3.05) is 0 Å². The Morgan fingerprint density at radius 2 is 0.875 bits per heavy atom. The van der Waals surface area contributed by atoms with Crippen LogP contribution in [0.1, 0.15) is 0 Å². The second-order valence-corrected chi connectivity index (χ2v) is 2.26. The standard InChI is InChI=1S/CH3O5P.3Na.6H2O/c2-1(3)7(4,5)6;;;;;;;;;/h(H,2,3)(H2,4,5,6);;;;6*1H2/q;3*+1;;;;;;/p-1. The quantitative estimate of drug-likeness (QED) is 0.351. The first-order chi connectivity index (χ1) is 2.94. The van der Waals surface area contributed by atoms with Crippen molar-refractivity contribution in [2.24, 2.45) is 0 Å². The number of hydrogen-bond donors (Lipinski definition) is 2. The molecule has 0 aromatic rings. The van der Waals surface area contributed by atoms with Crippen molar-refractivity contribution in [1.82, 2.24) is 0 Å². The number of carbonyl (C=O) groups is 1. The first kappa shape index (κ1) is 79.1. The van der Waals surface area contributed by atoms with Crippen LogP contribution in [0, 0.1) is 0 Å². The van der Waals surface area contributed by atoms with Gasteiger partial charge in [0.15, 0.2) is 5.71 Å². The summed E-state index contributed by atoms with van der Waals surface area (Å²) in [6.07, 6.45) is 0. The Morgan fingerprint density at radius 1 is 0.812 bits per heavy atom. The summed E-state index contributed by atoms with van der Waals surface area (Å²) < 4.78 is 9.36. The maximum atomic E-state index is 9.36. The van der Waals surface area contributed by atoms with Gasteiger partial charge < -0.3 is 52.5 Å². The number of carboxylic acid groups (broad SMARTS) is 1. The monoisotopic (exact) mass is 302 g/mol. The normalized spacial score (nSPS) is 4.88. The Labute approximate surface area is 157 Å². The van der Waals surface area contributed by atoms with Crippen LogP contribution < -0.4 is 93.8 Å². The van der Waals surface area contributed by atoms with E-state index in [0.29, 0.717) is 0 Å². The Kier molecular flexibility index (Phi) is 178. The molecule has 0 amide bonds. The Hall–Kier alpha value is 2.38. The van der Waals surface area contributed by atoms with Crippen LogP contribution in [0.3, 0.4) is 0 Å². The second kappa shape index (κ2) is 36.0. The molecule has 0 atom stereocenters. The molecule has 0 spiro atoms. The summed E-state index contributed by atoms with van der Waals surface area (Å²) in [6.45, 7) is 0. The second-order valence-electron chi connectivity index (χ2n) is 0.810. The van der Waals surface area contributed by atoms with Gasteiger partial charge in [0.25, 0.3) is 0 Å². The summed E-state index contributed by atoms with van der Waals surface area (Å²) in [7, 11) is -4.93. The summed E-state index contributed by atoms with van der Waals surface area (Å²) in [5, 5.41) is 9.15. The molecular formula is CH14Na3O11P+2. The zero-order valence-electron chi connectivity index (χ0n) is 9.07. The van der Waals surface area contributed by atoms with Gasteiger partial charge in [0.1, 0.15) is 0 Å². The van der Waals surface area contributed by atoms with Crippen LogP contribution in [0.2, 0.25) is 0 Å². The van der Waals surface area contributed by atoms with Gasteiger partial charge >= 0.3 is 96.3 Å². The van der Waals surface area contributed by atoms with Gasteiger partial charge in [0.05, 0.1) is 0 Å². The van der Waals surface area contributed by atoms with Gasteiger partial charge in [-0.2, -0.15) is 0 Å². The van der Waals surface area contributed by atoms with E-state index in [1.807, 2.05) is 0 Å². The van der Waals surface area contributed by atoms with Crippen molar-refractivity contribution in [3.63, 3.8) is 0 Å². The zero-order valence-corrected chi connectivity index (χ0v) is 16.0. The predicted molar refractivity (Wildman–Crippen MR) is 39.1 cm³/mol. The Balaban J connectivity index is -0.00000000500. The van der Waals surface area contributed by atoms with Crippen molar-refractivity contribution >= 4 is 13.3 Å². The van der Waals surface area contributed by atoms with Crippen molar-refractivity contribution in [2.45, 2.75) is 0 Å². The largest absolute Gasteiger partial charge is 1.00 e. The van der Waals surface area contributed by atoms with Crippen molar-refractivity contribution < 1.29 is 146 Å². The molecule has 0 aromatic carbocycles. The fourth-order valence-corrected chi connectivity index (χ4v) is 0. The van der Waals surface area contributed by atoms with E-state index in [-0.39, 0.29) is 122 Å². The van der Waals surface area contributed by atoms with Crippen molar-refractivity contribution in [1.29, 1.82) is 0 Å². The van der Waals surface area contributed by atoms with Gasteiger partial charge in [-0.15, -0.1) is 0 Å². The van der Waals surface area contributed by atoms with E-state index in [9.17, 15) is 4.57 Å². The third kappa shape index (κ3) is 55.2. The maximum Gasteiger partial charge on any atom is 1.00 e. The first-order valence-corrected chi connectivity index (χ1v) is 2.83. The molecule has 0 rings (SSSR count). The molecule has 90 valence electrons. The number of carbonyl (C=O) groups excluding carboxylic acids is 1. The van der Waals surface area contributed by atoms with Crippen LogP contribution in [-0.4, -0.2) is 48.4 Å². The van der Waals surface area contributed by atoms with Gasteiger partial charge in [-0.25, -0.2) is 0 Å². The molecule has 0 fully saturated rings. The van der Waals surface area contributed by atoms with Gasteiger partial charge in [0.2, 0.25) is 0 Å². The van der Waals surface area contributed by atoms with Crippen LogP contribution in [-0.2, 0) is 4.57 Å². The molecule has 16 heavy (non-hydrogen) atoms. The Bertz CT molecular complexity index is 133. The summed E-state index contributed by atoms with van der Waals surface area (Å²) in [5.74, 6) is 0. The minimum atomic E-state index is -4.93. The molecule has 11 nitrogen and oxygen atoms in total. The number of hydrogen-bond acceptors (Lipinski definition) is 3. The third-order valence-electron chi connectivity index (χ3n) is 0.238. The van der Waals surface area contributed by atoms with Crippen molar-refractivity contribution in [3.8, 4) is 0 Å². The third-order valence-corrected chi connectivity index (χ3v) is 0.714. The van der Waals surface area contributed by atoms with Gasteiger partial charge in [-0.05, 0) is 0 Å². The van der Waals surface area contributed by atoms with E-state index in [1.54, 1.807) is 0 Å². The van der Waals surface area contributed by atoms with Crippen LogP contribution in [0.4, 0.5) is 4.79 Å². The summed E-state index contributed by atoms with van der Waals surface area (Å²) in [6, 6.07) is 0. The van der Waals surface area contributed by atoms with E-state index in [1.165, 1.54) is 0 Å². The molecule has 0 aliphatic rings. The molecule has 0 saturated heterocycles. The molecule has 0 saturated carbocycles. The predicted octanol–water partition coefficient (Wildman–Crippen LogP) is -15.4. The van der Waals surface area contributed by atoms with Gasteiger partial charge in [-0.1, -0.05) is 0 Å². The van der Waals surface area contributed by atoms with Gasteiger partial charge in [-0.3, -0.25) is 4.57 Å². The van der Waals surface area contributed by atoms with Gasteiger partial charge in [0, 0.05) is 0 Å². The van der Waals surface area contributed by atoms with E-state index < -0.39 is 13.3 Å². The van der Waals surface area contributed by atoms with Crippen molar-refractivity contribution in [3.05, 3.63) is 0 Å².